The van der Waals surface area contributed by atoms with Crippen LogP contribution in [0.2, 0.25) is 0 Å². The molecule has 0 unspecified atom stereocenters. The number of fused-ring (bicyclic) bond motifs is 1. The summed E-state index contributed by atoms with van der Waals surface area (Å²) in [7, 11) is 0. The minimum absolute atomic E-state index is 0.0954. The third-order valence-electron chi connectivity index (χ3n) is 2.55. The molecule has 0 saturated heterocycles. The Morgan fingerprint density at radius 3 is 2.71 bits per heavy atom. The Balaban J connectivity index is 2.30. The summed E-state index contributed by atoms with van der Waals surface area (Å²) in [6.45, 7) is 0. The number of hydrogen-bond acceptors (Lipinski definition) is 2. The molecule has 0 spiro atoms. The molecule has 3 rings (SSSR count). The predicted molar refractivity (Wildman–Crippen MR) is 65.6 cm³/mol. The Morgan fingerprint density at radius 1 is 1.06 bits per heavy atom. The molecule has 0 amide bonds. The van der Waals surface area contributed by atoms with Crippen molar-refractivity contribution in [2.24, 2.45) is 0 Å². The van der Waals surface area contributed by atoms with E-state index in [0.29, 0.717) is 16.7 Å². The van der Waals surface area contributed by atoms with E-state index < -0.39 is 0 Å². The van der Waals surface area contributed by atoms with E-state index in [9.17, 15) is 4.79 Å². The third-order valence-corrected chi connectivity index (χ3v) is 2.55. The second kappa shape index (κ2) is 3.80. The molecule has 0 aliphatic rings. The largest absolute Gasteiger partial charge is 0.455 e. The van der Waals surface area contributed by atoms with Gasteiger partial charge in [0.2, 0.25) is 5.43 Å². The fourth-order valence-electron chi connectivity index (χ4n) is 1.73. The first kappa shape index (κ1) is 9.68. The van der Waals surface area contributed by atoms with Crippen molar-refractivity contribution in [3.05, 3.63) is 70.9 Å². The molecule has 0 aliphatic heterocycles. The molecule has 0 radical (unpaired) electrons. The Kier molecular flexibility index (Phi) is 2.16. The van der Waals surface area contributed by atoms with E-state index in [1.54, 1.807) is 12.1 Å². The molecule has 0 atom stereocenters. The average molecular weight is 220 g/mol. The molecule has 0 bridgehead atoms. The molecule has 17 heavy (non-hydrogen) atoms. The number of benzene rings is 1. The summed E-state index contributed by atoms with van der Waals surface area (Å²) in [6.07, 6.45) is 0. The lowest BCUT2D eigenvalue weighted by molar-refractivity contribution is 0.619. The summed E-state index contributed by atoms with van der Waals surface area (Å²) in [5.74, 6) is 0.572. The van der Waals surface area contributed by atoms with Gasteiger partial charge in [-0.05, 0) is 12.1 Å². The zero-order chi connectivity index (χ0) is 11.7. The Hall–Kier alpha value is -2.53. The van der Waals surface area contributed by atoms with Gasteiger partial charge < -0.3 is 4.42 Å². The van der Waals surface area contributed by atoms with E-state index in [0.717, 1.165) is 5.56 Å². The normalized spacial score (nSPS) is 10.1. The van der Waals surface area contributed by atoms with Gasteiger partial charge in [0.1, 0.15) is 16.7 Å². The van der Waals surface area contributed by atoms with Gasteiger partial charge in [-0.2, -0.15) is 0 Å². The first-order valence-electron chi connectivity index (χ1n) is 5.26. The van der Waals surface area contributed by atoms with Crippen LogP contribution in [0.25, 0.3) is 22.3 Å². The summed E-state index contributed by atoms with van der Waals surface area (Å²) in [4.78, 5) is 11.9. The van der Waals surface area contributed by atoms with Crippen LogP contribution in [-0.2, 0) is 0 Å². The Bertz CT molecular complexity index is 712. The molecule has 1 aromatic heterocycles. The molecule has 2 nitrogen and oxygen atoms in total. The standard InChI is InChI=1S/C15H8O2/c16-13-10-15(11-6-2-1-3-7-11)17-14-9-5-4-8-12(13)14/h1-3,5-7,9-10H. The van der Waals surface area contributed by atoms with Crippen molar-refractivity contribution in [2.45, 2.75) is 0 Å². The van der Waals surface area contributed by atoms with E-state index in [-0.39, 0.29) is 5.43 Å². The first-order valence-corrected chi connectivity index (χ1v) is 5.26. The molecular formula is C15H8O2. The Labute approximate surface area is 98.1 Å². The molecule has 0 N–H and O–H groups in total. The molecule has 3 aromatic rings. The summed E-state index contributed by atoms with van der Waals surface area (Å²) < 4.78 is 5.68. The highest BCUT2D eigenvalue weighted by Crippen LogP contribution is 2.20. The van der Waals surface area contributed by atoms with Crippen molar-refractivity contribution >= 4 is 11.0 Å². The van der Waals surface area contributed by atoms with E-state index >= 15 is 0 Å². The molecule has 2 heteroatoms. The highest BCUT2D eigenvalue weighted by molar-refractivity contribution is 5.76. The van der Waals surface area contributed by atoms with E-state index in [1.807, 2.05) is 30.3 Å². The monoisotopic (exact) mass is 220 g/mol. The van der Waals surface area contributed by atoms with Gasteiger partial charge in [-0.25, -0.2) is 0 Å². The molecule has 80 valence electrons. The molecule has 0 saturated carbocycles. The van der Waals surface area contributed by atoms with Crippen molar-refractivity contribution in [3.63, 3.8) is 0 Å². The lowest BCUT2D eigenvalue weighted by Gasteiger charge is -2.00. The van der Waals surface area contributed by atoms with Crippen molar-refractivity contribution in [2.75, 3.05) is 0 Å². The second-order valence-corrected chi connectivity index (χ2v) is 3.68. The van der Waals surface area contributed by atoms with Crippen molar-refractivity contribution in [1.29, 1.82) is 0 Å². The minimum Gasteiger partial charge on any atom is -0.455 e. The van der Waals surface area contributed by atoms with Crippen molar-refractivity contribution in [3.8, 4) is 11.3 Å². The van der Waals surface area contributed by atoms with E-state index in [1.165, 1.54) is 6.07 Å². The van der Waals surface area contributed by atoms with Gasteiger partial charge in [0.05, 0.1) is 0 Å². The van der Waals surface area contributed by atoms with Crippen LogP contribution in [0.15, 0.2) is 57.7 Å². The van der Waals surface area contributed by atoms with Crippen LogP contribution in [0.4, 0.5) is 0 Å². The summed E-state index contributed by atoms with van der Waals surface area (Å²) in [5.41, 5.74) is 1.33. The van der Waals surface area contributed by atoms with Gasteiger partial charge in [-0.3, -0.25) is 4.79 Å². The topological polar surface area (TPSA) is 30.2 Å². The van der Waals surface area contributed by atoms with E-state index in [4.69, 9.17) is 4.42 Å². The van der Waals surface area contributed by atoms with Crippen LogP contribution < -0.4 is 5.43 Å². The van der Waals surface area contributed by atoms with Crippen LogP contribution in [-0.4, -0.2) is 0 Å². The van der Waals surface area contributed by atoms with Crippen LogP contribution in [0.1, 0.15) is 0 Å². The summed E-state index contributed by atoms with van der Waals surface area (Å²) in [5, 5.41) is 0.437. The summed E-state index contributed by atoms with van der Waals surface area (Å²) in [6, 6.07) is 20.0. The fourth-order valence-corrected chi connectivity index (χ4v) is 1.73. The Morgan fingerprint density at radius 2 is 1.88 bits per heavy atom. The van der Waals surface area contributed by atoms with Crippen LogP contribution in [0, 0.1) is 12.1 Å². The van der Waals surface area contributed by atoms with Crippen LogP contribution >= 0.6 is 0 Å². The minimum atomic E-state index is -0.0954. The molecular weight excluding hydrogens is 212 g/mol. The highest BCUT2D eigenvalue weighted by atomic mass is 16.3. The molecule has 2 aromatic carbocycles. The lowest BCUT2D eigenvalue weighted by Crippen LogP contribution is -1.99. The van der Waals surface area contributed by atoms with Crippen LogP contribution in [0.5, 0.6) is 0 Å². The SMILES string of the molecule is O=c1cc(-c2ccccc2)oc2ccc#cc12. The van der Waals surface area contributed by atoms with Gasteiger partial charge in [0.15, 0.2) is 0 Å². The second-order valence-electron chi connectivity index (χ2n) is 3.68. The first-order chi connectivity index (χ1) is 8.34. The quantitative estimate of drug-likeness (QED) is 0.631. The zero-order valence-electron chi connectivity index (χ0n) is 8.94. The van der Waals surface area contributed by atoms with Gasteiger partial charge in [0.25, 0.3) is 0 Å². The van der Waals surface area contributed by atoms with Crippen molar-refractivity contribution < 1.29 is 4.42 Å². The maximum Gasteiger partial charge on any atom is 0.201 e. The summed E-state index contributed by atoms with van der Waals surface area (Å²) >= 11 is 0. The van der Waals surface area contributed by atoms with Crippen molar-refractivity contribution in [1.82, 2.24) is 0 Å². The third kappa shape index (κ3) is 1.68. The van der Waals surface area contributed by atoms with E-state index in [2.05, 4.69) is 12.1 Å². The highest BCUT2D eigenvalue weighted by Gasteiger charge is 2.05. The molecule has 0 fully saturated rings. The number of rotatable bonds is 1. The van der Waals surface area contributed by atoms with Gasteiger partial charge in [-0.1, -0.05) is 42.5 Å². The number of hydrogen-bond donors (Lipinski definition) is 0. The molecule has 0 aliphatic carbocycles. The van der Waals surface area contributed by atoms with Gasteiger partial charge in [-0.15, -0.1) is 0 Å². The zero-order valence-corrected chi connectivity index (χ0v) is 8.94. The van der Waals surface area contributed by atoms with Crippen LogP contribution in [0.3, 0.4) is 0 Å². The average Bonchev–Trinajstić information content (AvgIpc) is 2.40. The van der Waals surface area contributed by atoms with Gasteiger partial charge >= 0.3 is 0 Å². The maximum absolute atomic E-state index is 11.9. The predicted octanol–water partition coefficient (Wildman–Crippen LogP) is 3.06. The fraction of sp³-hybridized carbons (Fsp3) is 0. The van der Waals surface area contributed by atoms with Gasteiger partial charge in [0, 0.05) is 11.6 Å². The smallest absolute Gasteiger partial charge is 0.201 e. The molecule has 1 heterocycles. The lowest BCUT2D eigenvalue weighted by atomic mass is 10.1. The maximum atomic E-state index is 11.9.